The summed E-state index contributed by atoms with van der Waals surface area (Å²) >= 11 is 0. The van der Waals surface area contributed by atoms with Crippen LogP contribution < -0.4 is 10.1 Å². The molecule has 1 aliphatic rings. The number of carbonyl (C=O) groups excluding carboxylic acids is 1. The number of nitrogens with one attached hydrogen (secondary N) is 1. The molecule has 1 atom stereocenters. The number of aromatic nitrogens is 2. The Kier molecular flexibility index (Phi) is 6.87. The number of fused-ring (bicyclic) bond motifs is 1. The highest BCUT2D eigenvalue weighted by atomic mass is 16.5. The monoisotopic (exact) mass is 421 g/mol. The van der Waals surface area contributed by atoms with Crippen LogP contribution in [-0.2, 0) is 22.6 Å². The number of para-hydroxylation sites is 2. The maximum absolute atomic E-state index is 12.3. The predicted octanol–water partition coefficient (Wildman–Crippen LogP) is 4.31. The van der Waals surface area contributed by atoms with Gasteiger partial charge in [-0.15, -0.1) is 0 Å². The molecule has 1 unspecified atom stereocenters. The molecule has 1 amide bonds. The first-order valence-corrected chi connectivity index (χ1v) is 11.2. The number of imidazole rings is 1. The molecule has 2 heterocycles. The van der Waals surface area contributed by atoms with Crippen molar-refractivity contribution in [3.63, 3.8) is 0 Å². The third kappa shape index (κ3) is 5.25. The van der Waals surface area contributed by atoms with Gasteiger partial charge >= 0.3 is 0 Å². The normalized spacial score (nSPS) is 16.0. The van der Waals surface area contributed by atoms with E-state index in [0.717, 1.165) is 54.8 Å². The Morgan fingerprint density at radius 1 is 1.23 bits per heavy atom. The van der Waals surface area contributed by atoms with E-state index < -0.39 is 0 Å². The fraction of sp³-hybridized carbons (Fsp3) is 0.440. The van der Waals surface area contributed by atoms with Crippen LogP contribution in [0.15, 0.2) is 42.5 Å². The number of benzene rings is 2. The lowest BCUT2D eigenvalue weighted by Crippen LogP contribution is -2.34. The van der Waals surface area contributed by atoms with E-state index in [-0.39, 0.29) is 12.0 Å². The Bertz CT molecular complexity index is 1040. The minimum Gasteiger partial charge on any atom is -0.493 e. The van der Waals surface area contributed by atoms with Crippen molar-refractivity contribution in [1.82, 2.24) is 14.9 Å². The fourth-order valence-corrected chi connectivity index (χ4v) is 4.09. The molecule has 1 saturated heterocycles. The Morgan fingerprint density at radius 3 is 2.90 bits per heavy atom. The molecular weight excluding hydrogens is 390 g/mol. The van der Waals surface area contributed by atoms with Gasteiger partial charge in [-0.25, -0.2) is 4.98 Å². The largest absolute Gasteiger partial charge is 0.493 e. The fourth-order valence-electron chi connectivity index (χ4n) is 4.09. The first-order chi connectivity index (χ1) is 15.1. The van der Waals surface area contributed by atoms with Gasteiger partial charge < -0.3 is 19.4 Å². The molecule has 6 heteroatoms. The second kappa shape index (κ2) is 9.96. The van der Waals surface area contributed by atoms with Crippen molar-refractivity contribution in [3.8, 4) is 5.75 Å². The number of rotatable bonds is 9. The van der Waals surface area contributed by atoms with Gasteiger partial charge in [0.2, 0.25) is 5.91 Å². The van der Waals surface area contributed by atoms with E-state index in [1.807, 2.05) is 24.3 Å². The van der Waals surface area contributed by atoms with E-state index in [2.05, 4.69) is 41.9 Å². The summed E-state index contributed by atoms with van der Waals surface area (Å²) in [7, 11) is 0. The smallest absolute Gasteiger partial charge is 0.249 e. The summed E-state index contributed by atoms with van der Waals surface area (Å²) in [6.45, 7) is 6.76. The molecule has 4 rings (SSSR count). The molecule has 0 saturated carbocycles. The van der Waals surface area contributed by atoms with Crippen molar-refractivity contribution < 1.29 is 14.3 Å². The number of hydrogen-bond acceptors (Lipinski definition) is 4. The summed E-state index contributed by atoms with van der Waals surface area (Å²) < 4.78 is 13.7. The van der Waals surface area contributed by atoms with E-state index in [1.165, 1.54) is 11.1 Å². The van der Waals surface area contributed by atoms with Crippen LogP contribution in [0.5, 0.6) is 5.75 Å². The second-order valence-corrected chi connectivity index (χ2v) is 8.21. The molecule has 31 heavy (non-hydrogen) atoms. The third-order valence-electron chi connectivity index (χ3n) is 5.74. The quantitative estimate of drug-likeness (QED) is 0.523. The Morgan fingerprint density at radius 2 is 2.10 bits per heavy atom. The van der Waals surface area contributed by atoms with E-state index in [4.69, 9.17) is 14.5 Å². The Hall–Kier alpha value is -2.86. The van der Waals surface area contributed by atoms with Gasteiger partial charge in [-0.2, -0.15) is 0 Å². The molecule has 3 aromatic rings. The van der Waals surface area contributed by atoms with Gasteiger partial charge in [0, 0.05) is 13.2 Å². The second-order valence-electron chi connectivity index (χ2n) is 8.21. The SMILES string of the molecule is Cc1ccc(OCCCCn2c(CNC(=O)C3CCCO3)nc3ccccc32)c(C)c1. The third-order valence-corrected chi connectivity index (χ3v) is 5.74. The average molecular weight is 422 g/mol. The number of aryl methyl sites for hydroxylation is 3. The standard InChI is InChI=1S/C25H31N3O3/c1-18-11-12-22(19(2)16-18)30-14-6-5-13-28-21-9-4-3-8-20(21)27-24(28)17-26-25(29)23-10-7-15-31-23/h3-4,8-9,11-12,16,23H,5-7,10,13-15,17H2,1-2H3,(H,26,29). The number of amides is 1. The molecule has 164 valence electrons. The minimum atomic E-state index is -0.319. The molecule has 0 bridgehead atoms. The number of nitrogens with zero attached hydrogens (tertiary/aromatic N) is 2. The predicted molar refractivity (Wildman–Crippen MR) is 121 cm³/mol. The summed E-state index contributed by atoms with van der Waals surface area (Å²) in [4.78, 5) is 17.1. The van der Waals surface area contributed by atoms with Crippen LogP contribution in [0.25, 0.3) is 11.0 Å². The van der Waals surface area contributed by atoms with Crippen molar-refractivity contribution in [1.29, 1.82) is 0 Å². The average Bonchev–Trinajstić information content (AvgIpc) is 3.42. The van der Waals surface area contributed by atoms with Crippen LogP contribution in [0, 0.1) is 13.8 Å². The van der Waals surface area contributed by atoms with Gasteiger partial charge in [0.15, 0.2) is 0 Å². The molecule has 0 aliphatic carbocycles. The highest BCUT2D eigenvalue weighted by Crippen LogP contribution is 2.20. The molecule has 1 N–H and O–H groups in total. The van der Waals surface area contributed by atoms with Crippen molar-refractivity contribution in [2.45, 2.75) is 58.7 Å². The van der Waals surface area contributed by atoms with E-state index in [9.17, 15) is 4.79 Å². The van der Waals surface area contributed by atoms with Gasteiger partial charge in [0.25, 0.3) is 0 Å². The summed E-state index contributed by atoms with van der Waals surface area (Å²) in [5.74, 6) is 1.79. The van der Waals surface area contributed by atoms with Gasteiger partial charge in [0.05, 0.1) is 24.2 Å². The van der Waals surface area contributed by atoms with Crippen molar-refractivity contribution in [3.05, 3.63) is 59.4 Å². The lowest BCUT2D eigenvalue weighted by molar-refractivity contribution is -0.130. The van der Waals surface area contributed by atoms with Crippen LogP contribution in [0.2, 0.25) is 0 Å². The van der Waals surface area contributed by atoms with Crippen LogP contribution >= 0.6 is 0 Å². The first kappa shape index (κ1) is 21.4. The van der Waals surface area contributed by atoms with Gasteiger partial charge in [0.1, 0.15) is 17.7 Å². The topological polar surface area (TPSA) is 65.4 Å². The molecular formula is C25H31N3O3. The lowest BCUT2D eigenvalue weighted by atomic mass is 10.1. The summed E-state index contributed by atoms with van der Waals surface area (Å²) in [5.41, 5.74) is 4.47. The summed E-state index contributed by atoms with van der Waals surface area (Å²) in [6.07, 6.45) is 3.34. The maximum Gasteiger partial charge on any atom is 0.249 e. The zero-order valence-corrected chi connectivity index (χ0v) is 18.4. The molecule has 1 aliphatic heterocycles. The summed E-state index contributed by atoms with van der Waals surface area (Å²) in [6, 6.07) is 14.4. The molecule has 1 aromatic heterocycles. The van der Waals surface area contributed by atoms with Crippen LogP contribution in [0.3, 0.4) is 0 Å². The number of unbranched alkanes of at least 4 members (excludes halogenated alkanes) is 1. The Labute approximate surface area is 183 Å². The van der Waals surface area contributed by atoms with Crippen molar-refractivity contribution in [2.24, 2.45) is 0 Å². The highest BCUT2D eigenvalue weighted by Gasteiger charge is 2.23. The zero-order valence-electron chi connectivity index (χ0n) is 18.4. The highest BCUT2D eigenvalue weighted by molar-refractivity contribution is 5.81. The van der Waals surface area contributed by atoms with Crippen LogP contribution in [0.4, 0.5) is 0 Å². The molecule has 1 fully saturated rings. The Balaban J connectivity index is 1.34. The van der Waals surface area contributed by atoms with Gasteiger partial charge in [-0.1, -0.05) is 29.8 Å². The number of ether oxygens (including phenoxy) is 2. The molecule has 2 aromatic carbocycles. The minimum absolute atomic E-state index is 0.0435. The lowest BCUT2D eigenvalue weighted by Gasteiger charge is -2.13. The van der Waals surface area contributed by atoms with Crippen LogP contribution in [-0.4, -0.2) is 34.8 Å². The van der Waals surface area contributed by atoms with E-state index in [0.29, 0.717) is 19.8 Å². The van der Waals surface area contributed by atoms with Gasteiger partial charge in [-0.05, 0) is 63.3 Å². The number of hydrogen-bond donors (Lipinski definition) is 1. The van der Waals surface area contributed by atoms with E-state index >= 15 is 0 Å². The first-order valence-electron chi connectivity index (χ1n) is 11.2. The van der Waals surface area contributed by atoms with E-state index in [1.54, 1.807) is 0 Å². The summed E-state index contributed by atoms with van der Waals surface area (Å²) in [5, 5.41) is 3.00. The molecule has 0 spiro atoms. The zero-order chi connectivity index (χ0) is 21.6. The van der Waals surface area contributed by atoms with Crippen molar-refractivity contribution >= 4 is 16.9 Å². The van der Waals surface area contributed by atoms with Crippen LogP contribution in [0.1, 0.15) is 42.6 Å². The molecule has 6 nitrogen and oxygen atoms in total. The maximum atomic E-state index is 12.3. The molecule has 0 radical (unpaired) electrons. The number of carbonyl (C=O) groups is 1. The van der Waals surface area contributed by atoms with Crippen molar-refractivity contribution in [2.75, 3.05) is 13.2 Å². The van der Waals surface area contributed by atoms with Gasteiger partial charge in [-0.3, -0.25) is 4.79 Å².